The highest BCUT2D eigenvalue weighted by molar-refractivity contribution is 6.11. The third-order valence-electron chi connectivity index (χ3n) is 4.52. The largest absolute Gasteiger partial charge is 0.391 e. The fraction of sp³-hybridized carbons (Fsp3) is 0.211. The zero-order chi connectivity index (χ0) is 16.9. The Bertz CT molecular complexity index is 1050. The van der Waals surface area contributed by atoms with E-state index in [0.29, 0.717) is 5.56 Å². The van der Waals surface area contributed by atoms with E-state index in [1.165, 1.54) is 6.92 Å². The summed E-state index contributed by atoms with van der Waals surface area (Å²) < 4.78 is 40.5. The third-order valence-corrected chi connectivity index (χ3v) is 4.52. The summed E-state index contributed by atoms with van der Waals surface area (Å²) in [6, 6.07) is 13.4. The van der Waals surface area contributed by atoms with Gasteiger partial charge in [-0.25, -0.2) is 4.98 Å². The van der Waals surface area contributed by atoms with Crippen molar-refractivity contribution in [3.8, 4) is 0 Å². The summed E-state index contributed by atoms with van der Waals surface area (Å²) in [6.45, 7) is 1.22. The molecule has 0 bridgehead atoms. The number of benzene rings is 2. The molecule has 0 aliphatic carbocycles. The van der Waals surface area contributed by atoms with Gasteiger partial charge in [-0.1, -0.05) is 37.3 Å². The van der Waals surface area contributed by atoms with Crippen molar-refractivity contribution in [3.05, 3.63) is 60.4 Å². The predicted molar refractivity (Wildman–Crippen MR) is 89.1 cm³/mol. The minimum Gasteiger partial charge on any atom is -0.299 e. The summed E-state index contributed by atoms with van der Waals surface area (Å²) in [5.41, 5.74) is 2.50. The van der Waals surface area contributed by atoms with Gasteiger partial charge >= 0.3 is 6.18 Å². The number of rotatable bonds is 2. The van der Waals surface area contributed by atoms with Gasteiger partial charge in [0, 0.05) is 23.2 Å². The molecule has 1 unspecified atom stereocenters. The highest BCUT2D eigenvalue weighted by atomic mass is 19.4. The summed E-state index contributed by atoms with van der Waals surface area (Å²) in [5.74, 6) is -1.36. The van der Waals surface area contributed by atoms with Gasteiger partial charge in [0.25, 0.3) is 0 Å². The van der Waals surface area contributed by atoms with Crippen LogP contribution in [-0.4, -0.2) is 15.6 Å². The molecular weight excluding hydrogens is 313 g/mol. The number of nitrogens with zero attached hydrogens (tertiary/aromatic N) is 2. The third kappa shape index (κ3) is 2.31. The molecule has 4 aromatic rings. The minimum absolute atomic E-state index is 0.0181. The molecule has 0 amide bonds. The second-order valence-corrected chi connectivity index (χ2v) is 6.16. The molecule has 2 heterocycles. The molecule has 0 N–H and O–H groups in total. The molecule has 0 spiro atoms. The molecule has 2 aromatic heterocycles. The van der Waals surface area contributed by atoms with Crippen molar-refractivity contribution in [2.24, 2.45) is 5.92 Å². The second kappa shape index (κ2) is 5.23. The van der Waals surface area contributed by atoms with Gasteiger partial charge in [0.05, 0.1) is 11.4 Å². The van der Waals surface area contributed by atoms with Crippen molar-refractivity contribution in [2.75, 3.05) is 0 Å². The van der Waals surface area contributed by atoms with Crippen LogP contribution in [0.4, 0.5) is 13.2 Å². The standard InChI is InChI=1S/C19H15F3N2/c1-12(19(20,21)22)10-13-6-7-17-16(11-13)14-4-2-3-5-15(14)18-23-8-9-24(17)18/h2-9,11-12H,10H2,1H3. The Morgan fingerprint density at radius 1 is 1.04 bits per heavy atom. The van der Waals surface area contributed by atoms with Gasteiger partial charge < -0.3 is 0 Å². The Kier molecular flexibility index (Phi) is 3.27. The number of pyridine rings is 1. The molecule has 0 saturated heterocycles. The highest BCUT2D eigenvalue weighted by Gasteiger charge is 2.35. The Morgan fingerprint density at radius 3 is 2.54 bits per heavy atom. The summed E-state index contributed by atoms with van der Waals surface area (Å²) in [6.07, 6.45) is -0.579. The van der Waals surface area contributed by atoms with Gasteiger partial charge in [-0.15, -0.1) is 0 Å². The van der Waals surface area contributed by atoms with Crippen molar-refractivity contribution in [1.29, 1.82) is 0 Å². The molecule has 0 saturated carbocycles. The van der Waals surface area contributed by atoms with E-state index in [2.05, 4.69) is 4.98 Å². The summed E-state index contributed by atoms with van der Waals surface area (Å²) in [7, 11) is 0. The lowest BCUT2D eigenvalue weighted by Crippen LogP contribution is -2.21. The molecule has 5 heteroatoms. The van der Waals surface area contributed by atoms with Crippen LogP contribution in [0.25, 0.3) is 27.3 Å². The Labute approximate surface area is 136 Å². The van der Waals surface area contributed by atoms with Crippen LogP contribution >= 0.6 is 0 Å². The van der Waals surface area contributed by atoms with Gasteiger partial charge in [0.2, 0.25) is 0 Å². The van der Waals surface area contributed by atoms with E-state index in [9.17, 15) is 13.2 Å². The van der Waals surface area contributed by atoms with Crippen molar-refractivity contribution >= 4 is 27.3 Å². The average molecular weight is 328 g/mol. The number of aromatic nitrogens is 2. The first-order valence-corrected chi connectivity index (χ1v) is 7.78. The molecule has 1 atom stereocenters. The van der Waals surface area contributed by atoms with Crippen molar-refractivity contribution in [2.45, 2.75) is 19.5 Å². The fourth-order valence-corrected chi connectivity index (χ4v) is 3.22. The molecule has 24 heavy (non-hydrogen) atoms. The van der Waals surface area contributed by atoms with Gasteiger partial charge in [0.15, 0.2) is 0 Å². The zero-order valence-electron chi connectivity index (χ0n) is 13.0. The van der Waals surface area contributed by atoms with Crippen LogP contribution in [0.15, 0.2) is 54.9 Å². The van der Waals surface area contributed by atoms with E-state index in [-0.39, 0.29) is 6.42 Å². The maximum atomic E-state index is 12.9. The van der Waals surface area contributed by atoms with Gasteiger partial charge in [0.1, 0.15) is 5.65 Å². The normalized spacial score (nSPS) is 13.8. The summed E-state index contributed by atoms with van der Waals surface area (Å²) in [5, 5.41) is 2.95. The van der Waals surface area contributed by atoms with Gasteiger partial charge in [-0.3, -0.25) is 4.40 Å². The Balaban J connectivity index is 1.96. The monoisotopic (exact) mass is 328 g/mol. The van der Waals surface area contributed by atoms with Crippen LogP contribution in [0.1, 0.15) is 12.5 Å². The van der Waals surface area contributed by atoms with E-state index in [1.54, 1.807) is 12.3 Å². The number of imidazole rings is 1. The SMILES string of the molecule is CC(Cc1ccc2c(c1)c1ccccc1c1nccn21)C(F)(F)F. The fourth-order valence-electron chi connectivity index (χ4n) is 3.22. The minimum atomic E-state index is -4.18. The molecule has 0 radical (unpaired) electrons. The number of fused-ring (bicyclic) bond motifs is 6. The van der Waals surface area contributed by atoms with E-state index in [1.807, 2.05) is 47.0 Å². The smallest absolute Gasteiger partial charge is 0.299 e. The first kappa shape index (κ1) is 15.0. The Morgan fingerprint density at radius 2 is 1.79 bits per heavy atom. The molecule has 4 rings (SSSR count). The van der Waals surface area contributed by atoms with Crippen molar-refractivity contribution in [3.63, 3.8) is 0 Å². The van der Waals surface area contributed by atoms with Crippen molar-refractivity contribution in [1.82, 2.24) is 9.38 Å². The van der Waals surface area contributed by atoms with Crippen LogP contribution in [0, 0.1) is 5.92 Å². The molecule has 0 aliphatic rings. The predicted octanol–water partition coefficient (Wildman–Crippen LogP) is 5.38. The molecular formula is C19H15F3N2. The van der Waals surface area contributed by atoms with E-state index >= 15 is 0 Å². The van der Waals surface area contributed by atoms with Crippen LogP contribution in [0.3, 0.4) is 0 Å². The van der Waals surface area contributed by atoms with E-state index in [0.717, 1.165) is 27.3 Å². The van der Waals surface area contributed by atoms with E-state index < -0.39 is 12.1 Å². The molecule has 0 aliphatic heterocycles. The van der Waals surface area contributed by atoms with Crippen molar-refractivity contribution < 1.29 is 13.2 Å². The van der Waals surface area contributed by atoms with Crippen LogP contribution in [-0.2, 0) is 6.42 Å². The van der Waals surface area contributed by atoms with Gasteiger partial charge in [-0.05, 0) is 29.5 Å². The first-order chi connectivity index (χ1) is 11.4. The topological polar surface area (TPSA) is 17.3 Å². The van der Waals surface area contributed by atoms with Crippen LogP contribution in [0.2, 0.25) is 0 Å². The molecule has 2 aromatic carbocycles. The lowest BCUT2D eigenvalue weighted by molar-refractivity contribution is -0.169. The van der Waals surface area contributed by atoms with Crippen LogP contribution in [0.5, 0.6) is 0 Å². The number of halogens is 3. The molecule has 2 nitrogen and oxygen atoms in total. The quantitative estimate of drug-likeness (QED) is 0.451. The summed E-state index contributed by atoms with van der Waals surface area (Å²) in [4.78, 5) is 4.41. The van der Waals surface area contributed by atoms with Gasteiger partial charge in [-0.2, -0.15) is 13.2 Å². The lowest BCUT2D eigenvalue weighted by Gasteiger charge is -2.16. The average Bonchev–Trinajstić information content (AvgIpc) is 3.04. The number of hydrogen-bond donors (Lipinski definition) is 0. The van der Waals surface area contributed by atoms with Crippen LogP contribution < -0.4 is 0 Å². The number of alkyl halides is 3. The molecule has 122 valence electrons. The maximum absolute atomic E-state index is 12.9. The maximum Gasteiger partial charge on any atom is 0.391 e. The highest BCUT2D eigenvalue weighted by Crippen LogP contribution is 2.32. The lowest BCUT2D eigenvalue weighted by atomic mass is 9.97. The molecule has 0 fully saturated rings. The first-order valence-electron chi connectivity index (χ1n) is 7.78. The zero-order valence-corrected chi connectivity index (χ0v) is 13.0. The Hall–Kier alpha value is -2.56. The van der Waals surface area contributed by atoms with E-state index in [4.69, 9.17) is 0 Å². The summed E-state index contributed by atoms with van der Waals surface area (Å²) >= 11 is 0. The number of hydrogen-bond acceptors (Lipinski definition) is 1. The second-order valence-electron chi connectivity index (χ2n) is 6.16.